The average molecular weight is 721 g/mol. The lowest BCUT2D eigenvalue weighted by Gasteiger charge is -2.34. The molecule has 286 valence electrons. The zero-order valence-electron chi connectivity index (χ0n) is 29.7. The van der Waals surface area contributed by atoms with Crippen LogP contribution < -0.4 is 0 Å². The van der Waals surface area contributed by atoms with Crippen molar-refractivity contribution in [3.05, 3.63) is 0 Å². The van der Waals surface area contributed by atoms with Gasteiger partial charge in [0.1, 0.15) is 11.7 Å². The molecule has 1 unspecified atom stereocenters. The molecule has 0 aromatic carbocycles. The van der Waals surface area contributed by atoms with Crippen LogP contribution in [0.1, 0.15) is 128 Å². The molecule has 0 saturated heterocycles. The number of hydrogen-bond donors (Lipinski definition) is 1. The Balaban J connectivity index is 0. The number of halogens is 9. The third kappa shape index (κ3) is 15.5. The molecule has 1 N–H and O–H groups in total. The average Bonchev–Trinajstić information content (AvgIpc) is 3.36. The van der Waals surface area contributed by atoms with Gasteiger partial charge in [-0.3, -0.25) is 14.4 Å². The first-order valence-corrected chi connectivity index (χ1v) is 15.7. The lowest BCUT2D eigenvalue weighted by atomic mass is 9.90. The van der Waals surface area contributed by atoms with E-state index in [1.807, 2.05) is 20.8 Å². The third-order valence-corrected chi connectivity index (χ3v) is 8.51. The van der Waals surface area contributed by atoms with Crippen LogP contribution in [0.15, 0.2) is 0 Å². The van der Waals surface area contributed by atoms with Gasteiger partial charge in [-0.25, -0.2) is 0 Å². The summed E-state index contributed by atoms with van der Waals surface area (Å²) < 4.78 is 124. The number of carbonyl (C=O) groups is 3. The molecule has 0 aliphatic heterocycles. The molecule has 0 bridgehead atoms. The van der Waals surface area contributed by atoms with Crippen LogP contribution in [-0.4, -0.2) is 65.5 Å². The van der Waals surface area contributed by atoms with Crippen molar-refractivity contribution in [2.24, 2.45) is 16.2 Å². The van der Waals surface area contributed by atoms with Gasteiger partial charge in [0.05, 0.1) is 16.2 Å². The molecule has 0 aromatic heterocycles. The van der Waals surface area contributed by atoms with E-state index in [9.17, 15) is 53.9 Å². The number of carbonyl (C=O) groups excluding carboxylic acids is 3. The smallest absolute Gasteiger partial charge is 0.426 e. The van der Waals surface area contributed by atoms with Crippen LogP contribution in [0, 0.1) is 16.2 Å². The largest absolute Gasteiger partial charge is 0.462 e. The second-order valence-electron chi connectivity index (χ2n) is 14.2. The van der Waals surface area contributed by atoms with Gasteiger partial charge in [-0.05, 0) is 100 Å². The van der Waals surface area contributed by atoms with Crippen molar-refractivity contribution < 1.29 is 73.2 Å². The van der Waals surface area contributed by atoms with E-state index < -0.39 is 66.0 Å². The van der Waals surface area contributed by atoms with Crippen molar-refractivity contribution in [1.29, 1.82) is 0 Å². The van der Waals surface area contributed by atoms with E-state index in [2.05, 4.69) is 16.4 Å². The van der Waals surface area contributed by atoms with Crippen LogP contribution in [0.25, 0.3) is 0 Å². The highest BCUT2D eigenvalue weighted by Crippen LogP contribution is 2.46. The number of hydrogen-bond acceptors (Lipinski definition) is 7. The number of alkyl halides is 9. The summed E-state index contributed by atoms with van der Waals surface area (Å²) in [5, 5.41) is 8.99. The Morgan fingerprint density at radius 1 is 0.688 bits per heavy atom. The van der Waals surface area contributed by atoms with Gasteiger partial charge in [-0.2, -0.15) is 39.5 Å². The molecule has 16 heteroatoms. The van der Waals surface area contributed by atoms with Gasteiger partial charge < -0.3 is 19.3 Å². The Labute approximate surface area is 277 Å². The van der Waals surface area contributed by atoms with Crippen molar-refractivity contribution >= 4 is 17.9 Å². The van der Waals surface area contributed by atoms with Crippen molar-refractivity contribution in [2.45, 2.75) is 163 Å². The lowest BCUT2D eigenvalue weighted by Crippen LogP contribution is -2.58. The second-order valence-corrected chi connectivity index (χ2v) is 14.2. The van der Waals surface area contributed by atoms with E-state index in [1.165, 1.54) is 26.7 Å². The molecule has 1 aliphatic rings. The summed E-state index contributed by atoms with van der Waals surface area (Å²) in [6.45, 7) is 16.7. The van der Waals surface area contributed by atoms with Crippen molar-refractivity contribution in [2.75, 3.05) is 6.61 Å². The van der Waals surface area contributed by atoms with Gasteiger partial charge in [-0.15, -0.1) is 0 Å². The predicted octanol–water partition coefficient (Wildman–Crippen LogP) is 9.43. The molecule has 1 aliphatic carbocycles. The summed E-state index contributed by atoms with van der Waals surface area (Å²) >= 11 is 0. The third-order valence-electron chi connectivity index (χ3n) is 8.51. The van der Waals surface area contributed by atoms with Gasteiger partial charge >= 0.3 is 36.4 Å². The van der Waals surface area contributed by atoms with E-state index in [0.29, 0.717) is 12.8 Å². The van der Waals surface area contributed by atoms with Crippen molar-refractivity contribution in [1.82, 2.24) is 0 Å². The molecule has 1 saturated carbocycles. The van der Waals surface area contributed by atoms with E-state index in [1.54, 1.807) is 27.7 Å². The molecule has 0 heterocycles. The molecular formula is C32H53F9O7. The second kappa shape index (κ2) is 17.6. The number of rotatable bonds is 11. The molecule has 1 rings (SSSR count). The molecule has 0 amide bonds. The zero-order chi connectivity index (χ0) is 38.8. The van der Waals surface area contributed by atoms with E-state index >= 15 is 0 Å². The standard InChI is InChI=1S/C12H18F6O3.C12H22O2.C8H13F3O2/c1-5-9(3,4)8(19)21-7(2)6-10(20,11(13,14)15)12(16,17)18;1-5-11(2,3)10(13)14-12(4)8-6-7-9-12;1-4-7(2,3)6(12)13-5-8(9,10)11/h7,20H,5-6H2,1-4H3;5-9H2,1-4H3;4-5H2,1-3H3. The summed E-state index contributed by atoms with van der Waals surface area (Å²) in [5.74, 6) is -1.78. The van der Waals surface area contributed by atoms with Gasteiger partial charge in [-0.1, -0.05) is 20.8 Å². The number of ether oxygens (including phenoxy) is 3. The summed E-state index contributed by atoms with van der Waals surface area (Å²) in [7, 11) is 0. The minimum absolute atomic E-state index is 0.0376. The highest BCUT2D eigenvalue weighted by molar-refractivity contribution is 5.76. The van der Waals surface area contributed by atoms with Crippen LogP contribution >= 0.6 is 0 Å². The van der Waals surface area contributed by atoms with Crippen molar-refractivity contribution in [3.8, 4) is 0 Å². The van der Waals surface area contributed by atoms with Crippen molar-refractivity contribution in [3.63, 3.8) is 0 Å². The summed E-state index contributed by atoms with van der Waals surface area (Å²) in [6.07, 6.45) is -13.9. The Hall–Kier alpha value is -2.26. The molecule has 1 fully saturated rings. The molecule has 0 radical (unpaired) electrons. The molecule has 1 atom stereocenters. The first kappa shape index (κ1) is 47.9. The first-order chi connectivity index (χ1) is 21.2. The van der Waals surface area contributed by atoms with E-state index in [-0.39, 0.29) is 17.0 Å². The van der Waals surface area contributed by atoms with Crippen LogP contribution in [0.3, 0.4) is 0 Å². The Bertz CT molecular complexity index is 1010. The normalized spacial score (nSPS) is 16.4. The molecule has 48 heavy (non-hydrogen) atoms. The zero-order valence-corrected chi connectivity index (χ0v) is 29.7. The predicted molar refractivity (Wildman–Crippen MR) is 159 cm³/mol. The SMILES string of the molecule is CCC(C)(C)C(=O)OC(C)CC(O)(C(F)(F)F)C(F)(F)F.CCC(C)(C)C(=O)OC1(C)CCCC1.CCC(C)(C)C(=O)OCC(F)(F)F. The van der Waals surface area contributed by atoms with E-state index in [4.69, 9.17) is 9.84 Å². The maximum atomic E-state index is 12.5. The quantitative estimate of drug-likeness (QED) is 0.129. The topological polar surface area (TPSA) is 99.1 Å². The van der Waals surface area contributed by atoms with Crippen LogP contribution in [-0.2, 0) is 28.6 Å². The highest BCUT2D eigenvalue weighted by Gasteiger charge is 2.70. The molecule has 0 spiro atoms. The summed E-state index contributed by atoms with van der Waals surface area (Å²) in [5.41, 5.74) is -7.31. The monoisotopic (exact) mass is 720 g/mol. The first-order valence-electron chi connectivity index (χ1n) is 15.7. The van der Waals surface area contributed by atoms with Gasteiger partial charge in [0.15, 0.2) is 6.61 Å². The Morgan fingerprint density at radius 3 is 1.38 bits per heavy atom. The minimum Gasteiger partial charge on any atom is -0.462 e. The van der Waals surface area contributed by atoms with Crippen LogP contribution in [0.2, 0.25) is 0 Å². The number of esters is 3. The van der Waals surface area contributed by atoms with Gasteiger partial charge in [0.2, 0.25) is 0 Å². The molecular weight excluding hydrogens is 667 g/mol. The summed E-state index contributed by atoms with van der Waals surface area (Å²) in [4.78, 5) is 34.5. The number of aliphatic hydroxyl groups is 1. The van der Waals surface area contributed by atoms with Gasteiger partial charge in [0.25, 0.3) is 5.60 Å². The van der Waals surface area contributed by atoms with Gasteiger partial charge in [0, 0.05) is 6.42 Å². The van der Waals surface area contributed by atoms with E-state index in [0.717, 1.165) is 26.2 Å². The minimum atomic E-state index is -5.92. The maximum absolute atomic E-state index is 12.5. The Kier molecular flexibility index (Phi) is 17.5. The fourth-order valence-electron chi connectivity index (χ4n) is 3.55. The van der Waals surface area contributed by atoms with Crippen LogP contribution in [0.4, 0.5) is 39.5 Å². The summed E-state index contributed by atoms with van der Waals surface area (Å²) in [6, 6.07) is 0. The fraction of sp³-hybridized carbons (Fsp3) is 0.906. The molecule has 0 aromatic rings. The lowest BCUT2D eigenvalue weighted by molar-refractivity contribution is -0.373. The Morgan fingerprint density at radius 2 is 1.04 bits per heavy atom. The fourth-order valence-corrected chi connectivity index (χ4v) is 3.55. The maximum Gasteiger partial charge on any atom is 0.426 e. The van der Waals surface area contributed by atoms with Crippen LogP contribution in [0.5, 0.6) is 0 Å². The highest BCUT2D eigenvalue weighted by atomic mass is 19.4. The molecule has 7 nitrogen and oxygen atoms in total.